The Hall–Kier alpha value is -2.22. The van der Waals surface area contributed by atoms with E-state index in [0.717, 1.165) is 18.2 Å². The van der Waals surface area contributed by atoms with Crippen LogP contribution in [0.4, 0.5) is 10.1 Å². The third-order valence-corrected chi connectivity index (χ3v) is 2.73. The number of nitrogens with one attached hydrogen (secondary N) is 1. The molecule has 0 radical (unpaired) electrons. The van der Waals surface area contributed by atoms with Crippen molar-refractivity contribution in [3.63, 3.8) is 0 Å². The molecule has 0 aromatic heterocycles. The van der Waals surface area contributed by atoms with Crippen molar-refractivity contribution in [1.29, 1.82) is 0 Å². The average Bonchev–Trinajstić information content (AvgIpc) is 2.36. The van der Waals surface area contributed by atoms with E-state index in [9.17, 15) is 19.3 Å². The van der Waals surface area contributed by atoms with E-state index in [1.54, 1.807) is 0 Å². The van der Waals surface area contributed by atoms with Gasteiger partial charge in [0.2, 0.25) is 5.91 Å². The monoisotopic (exact) mass is 271 g/mol. The molecule has 0 spiro atoms. The van der Waals surface area contributed by atoms with Crippen molar-refractivity contribution in [1.82, 2.24) is 5.32 Å². The number of carbonyl (C=O) groups excluding carboxylic acids is 1. The zero-order valence-electron chi connectivity index (χ0n) is 10.5. The van der Waals surface area contributed by atoms with Gasteiger partial charge in [-0.05, 0) is 26.1 Å². The lowest BCUT2D eigenvalue weighted by molar-refractivity contribution is -0.386. The number of nitrogens with zero attached hydrogens (tertiary/aromatic N) is 1. The van der Waals surface area contributed by atoms with Gasteiger partial charge in [-0.3, -0.25) is 14.9 Å². The van der Waals surface area contributed by atoms with Crippen LogP contribution in [0.1, 0.15) is 6.92 Å². The van der Waals surface area contributed by atoms with Crippen LogP contribution in [-0.2, 0) is 4.79 Å². The largest absolute Gasteiger partial charge is 0.484 e. The summed E-state index contributed by atoms with van der Waals surface area (Å²) in [5.74, 6) is -1.54. The summed E-state index contributed by atoms with van der Waals surface area (Å²) in [7, 11) is 1.51. The van der Waals surface area contributed by atoms with E-state index in [-0.39, 0.29) is 12.4 Å². The third-order valence-electron chi connectivity index (χ3n) is 2.73. The number of hydrogen-bond acceptors (Lipinski definition) is 5. The summed E-state index contributed by atoms with van der Waals surface area (Å²) in [6.45, 7) is 1.27. The van der Waals surface area contributed by atoms with Gasteiger partial charge < -0.3 is 15.8 Å². The minimum Gasteiger partial charge on any atom is -0.484 e. The zero-order valence-corrected chi connectivity index (χ0v) is 10.5. The second-order valence-electron chi connectivity index (χ2n) is 4.10. The van der Waals surface area contributed by atoms with Crippen molar-refractivity contribution < 1.29 is 18.8 Å². The fourth-order valence-electron chi connectivity index (χ4n) is 1.24. The van der Waals surface area contributed by atoms with Gasteiger partial charge in [-0.2, -0.15) is 0 Å². The first-order chi connectivity index (χ1) is 8.80. The minimum atomic E-state index is -1.18. The van der Waals surface area contributed by atoms with E-state index < -0.39 is 27.9 Å². The number of nitrogens with two attached hydrogens (primary N) is 1. The Balaban J connectivity index is 2.95. The minimum absolute atomic E-state index is 0.130. The Kier molecular flexibility index (Phi) is 4.38. The quantitative estimate of drug-likeness (QED) is 0.581. The lowest BCUT2D eigenvalue weighted by Crippen LogP contribution is -2.55. The third kappa shape index (κ3) is 3.38. The van der Waals surface area contributed by atoms with Crippen LogP contribution in [0.15, 0.2) is 18.2 Å². The molecule has 0 aliphatic carbocycles. The van der Waals surface area contributed by atoms with Gasteiger partial charge in [0.15, 0.2) is 5.75 Å². The Labute approximate surface area is 108 Å². The predicted octanol–water partition coefficient (Wildman–Crippen LogP) is 0.576. The highest BCUT2D eigenvalue weighted by molar-refractivity contribution is 5.84. The van der Waals surface area contributed by atoms with Crippen LogP contribution in [0.5, 0.6) is 5.75 Å². The fourth-order valence-corrected chi connectivity index (χ4v) is 1.24. The van der Waals surface area contributed by atoms with Gasteiger partial charge in [0.1, 0.15) is 18.0 Å². The van der Waals surface area contributed by atoms with Crippen molar-refractivity contribution >= 4 is 11.6 Å². The second kappa shape index (κ2) is 5.61. The first-order valence-electron chi connectivity index (χ1n) is 5.35. The number of nitro groups is 1. The summed E-state index contributed by atoms with van der Waals surface area (Å²) in [6.07, 6.45) is 0. The molecule has 3 N–H and O–H groups in total. The van der Waals surface area contributed by atoms with Crippen molar-refractivity contribution in [2.24, 2.45) is 5.73 Å². The van der Waals surface area contributed by atoms with Gasteiger partial charge in [-0.15, -0.1) is 0 Å². The molecular formula is C11H14FN3O4. The summed E-state index contributed by atoms with van der Waals surface area (Å²) >= 11 is 0. The van der Waals surface area contributed by atoms with Crippen LogP contribution >= 0.6 is 0 Å². The SMILES string of the molecule is CNC(C)(COc1ccc(F)cc1[N+](=O)[O-])C(N)=O. The lowest BCUT2D eigenvalue weighted by atomic mass is 10.0. The number of halogens is 1. The van der Waals surface area contributed by atoms with Gasteiger partial charge in [0.05, 0.1) is 11.0 Å². The molecule has 1 unspecified atom stereocenters. The highest BCUT2D eigenvalue weighted by Crippen LogP contribution is 2.28. The van der Waals surface area contributed by atoms with Crippen molar-refractivity contribution in [3.8, 4) is 5.75 Å². The summed E-state index contributed by atoms with van der Waals surface area (Å²) in [4.78, 5) is 21.2. The van der Waals surface area contributed by atoms with E-state index in [2.05, 4.69) is 5.32 Å². The molecular weight excluding hydrogens is 257 g/mol. The number of hydrogen-bond donors (Lipinski definition) is 2. The summed E-state index contributed by atoms with van der Waals surface area (Å²) in [5, 5.41) is 13.4. The maximum atomic E-state index is 12.9. The molecule has 1 rings (SSSR count). The maximum Gasteiger partial charge on any atom is 0.313 e. The molecule has 1 atom stereocenters. The predicted molar refractivity (Wildman–Crippen MR) is 65.2 cm³/mol. The number of amides is 1. The molecule has 0 bridgehead atoms. The molecule has 0 heterocycles. The maximum absolute atomic E-state index is 12.9. The molecule has 0 aliphatic heterocycles. The van der Waals surface area contributed by atoms with Crippen LogP contribution in [0.2, 0.25) is 0 Å². The normalized spacial score (nSPS) is 13.6. The molecule has 0 fully saturated rings. The Morgan fingerprint density at radius 2 is 2.26 bits per heavy atom. The molecule has 0 saturated heterocycles. The number of likely N-dealkylation sites (N-methyl/N-ethyl adjacent to an activating group) is 1. The van der Waals surface area contributed by atoms with Crippen LogP contribution in [0.3, 0.4) is 0 Å². The van der Waals surface area contributed by atoms with Crippen LogP contribution in [-0.4, -0.2) is 30.0 Å². The van der Waals surface area contributed by atoms with Crippen LogP contribution in [0.25, 0.3) is 0 Å². The molecule has 0 aliphatic rings. The van der Waals surface area contributed by atoms with E-state index in [1.807, 2.05) is 0 Å². The first-order valence-corrected chi connectivity index (χ1v) is 5.35. The number of rotatable bonds is 6. The lowest BCUT2D eigenvalue weighted by Gasteiger charge is -2.25. The molecule has 0 saturated carbocycles. The fraction of sp³-hybridized carbons (Fsp3) is 0.364. The number of nitro benzene ring substituents is 1. The number of primary amides is 1. The standard InChI is InChI=1S/C11H14FN3O4/c1-11(14-2,10(13)16)6-19-9-4-3-7(12)5-8(9)15(17)18/h3-5,14H,6H2,1-2H3,(H2,13,16). The van der Waals surface area contributed by atoms with Gasteiger partial charge in [-0.25, -0.2) is 4.39 Å². The van der Waals surface area contributed by atoms with Crippen molar-refractivity contribution in [3.05, 3.63) is 34.1 Å². The Morgan fingerprint density at radius 1 is 1.63 bits per heavy atom. The molecule has 1 amide bonds. The van der Waals surface area contributed by atoms with Crippen molar-refractivity contribution in [2.75, 3.05) is 13.7 Å². The van der Waals surface area contributed by atoms with Gasteiger partial charge in [-0.1, -0.05) is 0 Å². The van der Waals surface area contributed by atoms with E-state index >= 15 is 0 Å². The van der Waals surface area contributed by atoms with Crippen LogP contribution < -0.4 is 15.8 Å². The van der Waals surface area contributed by atoms with Gasteiger partial charge >= 0.3 is 5.69 Å². The molecule has 19 heavy (non-hydrogen) atoms. The molecule has 1 aromatic rings. The first kappa shape index (κ1) is 14.8. The van der Waals surface area contributed by atoms with E-state index in [0.29, 0.717) is 0 Å². The van der Waals surface area contributed by atoms with Gasteiger partial charge in [0, 0.05) is 0 Å². The number of ether oxygens (including phenoxy) is 1. The smallest absolute Gasteiger partial charge is 0.313 e. The molecule has 1 aromatic carbocycles. The second-order valence-corrected chi connectivity index (χ2v) is 4.10. The number of carbonyl (C=O) groups is 1. The Morgan fingerprint density at radius 3 is 2.74 bits per heavy atom. The zero-order chi connectivity index (χ0) is 14.6. The van der Waals surface area contributed by atoms with E-state index in [1.165, 1.54) is 14.0 Å². The molecule has 7 nitrogen and oxygen atoms in total. The summed E-state index contributed by atoms with van der Waals surface area (Å²) in [6, 6.07) is 2.91. The van der Waals surface area contributed by atoms with Crippen LogP contribution in [0, 0.1) is 15.9 Å². The highest BCUT2D eigenvalue weighted by Gasteiger charge is 2.31. The summed E-state index contributed by atoms with van der Waals surface area (Å²) < 4.78 is 18.1. The topological polar surface area (TPSA) is 107 Å². The van der Waals surface area contributed by atoms with Gasteiger partial charge in [0.25, 0.3) is 0 Å². The number of benzene rings is 1. The highest BCUT2D eigenvalue weighted by atomic mass is 19.1. The average molecular weight is 271 g/mol. The molecule has 104 valence electrons. The van der Waals surface area contributed by atoms with Crippen molar-refractivity contribution in [2.45, 2.75) is 12.5 Å². The van der Waals surface area contributed by atoms with E-state index in [4.69, 9.17) is 10.5 Å². The molecule has 8 heteroatoms. The Bertz CT molecular complexity index is 509. The summed E-state index contributed by atoms with van der Waals surface area (Å²) in [5.41, 5.74) is 3.50.